The fourth-order valence-electron chi connectivity index (χ4n) is 0.734. The van der Waals surface area contributed by atoms with Crippen molar-refractivity contribution in [3.8, 4) is 5.75 Å². The number of nitroso groups, excluding NO2 is 1. The first-order valence-corrected chi connectivity index (χ1v) is 3.36. The van der Waals surface area contributed by atoms with Gasteiger partial charge in [0.25, 0.3) is 0 Å². The van der Waals surface area contributed by atoms with Crippen LogP contribution >= 0.6 is 0 Å². The van der Waals surface area contributed by atoms with Gasteiger partial charge in [0.2, 0.25) is 0 Å². The molecule has 0 heterocycles. The third-order valence-electron chi connectivity index (χ3n) is 1.30. The van der Waals surface area contributed by atoms with E-state index in [1.54, 1.807) is 0 Å². The standard InChI is InChI=1S/C8H5NO4/c10-5-6-1-3-7(4-2-6)13-8(11)9-12/h1-5H. The first-order valence-electron chi connectivity index (χ1n) is 3.36. The Labute approximate surface area is 73.3 Å². The minimum absolute atomic E-state index is 0.176. The molecule has 0 N–H and O–H groups in total. The largest absolute Gasteiger partial charge is 0.475 e. The highest BCUT2D eigenvalue weighted by Gasteiger charge is 2.02. The number of hydrogen-bond acceptors (Lipinski definition) is 4. The summed E-state index contributed by atoms with van der Waals surface area (Å²) in [6.45, 7) is 0. The van der Waals surface area contributed by atoms with Crippen molar-refractivity contribution in [1.82, 2.24) is 0 Å². The lowest BCUT2D eigenvalue weighted by Gasteiger charge is -1.97. The molecule has 5 heteroatoms. The van der Waals surface area contributed by atoms with Gasteiger partial charge in [-0.2, -0.15) is 0 Å². The molecule has 0 fully saturated rings. The smallest absolute Gasteiger partial charge is 0.407 e. The normalized spacial score (nSPS) is 8.92. The maximum Gasteiger partial charge on any atom is 0.475 e. The molecule has 5 nitrogen and oxygen atoms in total. The lowest BCUT2D eigenvalue weighted by Crippen LogP contribution is -2.00. The van der Waals surface area contributed by atoms with E-state index < -0.39 is 6.09 Å². The molecule has 66 valence electrons. The van der Waals surface area contributed by atoms with Crippen molar-refractivity contribution in [2.24, 2.45) is 5.18 Å². The first kappa shape index (κ1) is 9.05. The van der Waals surface area contributed by atoms with Gasteiger partial charge in [-0.3, -0.25) is 4.79 Å². The Kier molecular flexibility index (Phi) is 2.86. The van der Waals surface area contributed by atoms with Gasteiger partial charge in [0.05, 0.1) is 5.18 Å². The minimum Gasteiger partial charge on any atom is -0.407 e. The number of benzene rings is 1. The molecule has 0 spiro atoms. The van der Waals surface area contributed by atoms with Gasteiger partial charge in [0.15, 0.2) is 0 Å². The van der Waals surface area contributed by atoms with E-state index in [0.717, 1.165) is 0 Å². The van der Waals surface area contributed by atoms with E-state index in [1.807, 2.05) is 5.18 Å². The summed E-state index contributed by atoms with van der Waals surface area (Å²) in [5.41, 5.74) is 0.457. The van der Waals surface area contributed by atoms with Crippen LogP contribution in [0.4, 0.5) is 4.79 Å². The maximum atomic E-state index is 10.4. The number of rotatable bonds is 2. The number of aldehydes is 1. The molecule has 13 heavy (non-hydrogen) atoms. The van der Waals surface area contributed by atoms with Crippen LogP contribution in [-0.4, -0.2) is 12.4 Å². The lowest BCUT2D eigenvalue weighted by molar-refractivity contribution is 0.112. The van der Waals surface area contributed by atoms with Gasteiger partial charge in [-0.05, 0) is 24.3 Å². The molecule has 0 saturated heterocycles. The highest BCUT2D eigenvalue weighted by molar-refractivity contribution is 5.75. The van der Waals surface area contributed by atoms with Gasteiger partial charge in [-0.15, -0.1) is 4.91 Å². The van der Waals surface area contributed by atoms with E-state index in [4.69, 9.17) is 0 Å². The van der Waals surface area contributed by atoms with E-state index in [1.165, 1.54) is 24.3 Å². The van der Waals surface area contributed by atoms with Crippen molar-refractivity contribution in [3.63, 3.8) is 0 Å². The number of nitrogens with zero attached hydrogens (tertiary/aromatic N) is 1. The highest BCUT2D eigenvalue weighted by atomic mass is 16.6. The van der Waals surface area contributed by atoms with Crippen molar-refractivity contribution in [3.05, 3.63) is 34.7 Å². The Hall–Kier alpha value is -2.04. The number of carbonyl (C=O) groups is 2. The molecule has 1 amide bonds. The second kappa shape index (κ2) is 4.10. The fraction of sp³-hybridized carbons (Fsp3) is 0. The Morgan fingerprint density at radius 2 is 1.92 bits per heavy atom. The fourth-order valence-corrected chi connectivity index (χ4v) is 0.734. The molecule has 0 saturated carbocycles. The van der Waals surface area contributed by atoms with Crippen molar-refractivity contribution in [2.75, 3.05) is 0 Å². The van der Waals surface area contributed by atoms with E-state index in [-0.39, 0.29) is 5.75 Å². The molecule has 1 aromatic rings. The number of amides is 1. The molecule has 0 aliphatic rings. The molecule has 1 rings (SSSR count). The van der Waals surface area contributed by atoms with Crippen LogP contribution < -0.4 is 4.74 Å². The second-order valence-electron chi connectivity index (χ2n) is 2.15. The number of hydrogen-bond donors (Lipinski definition) is 0. The van der Waals surface area contributed by atoms with Crippen LogP contribution in [0.5, 0.6) is 5.75 Å². The molecule has 0 aliphatic carbocycles. The molecule has 1 aromatic carbocycles. The number of ether oxygens (including phenoxy) is 1. The van der Waals surface area contributed by atoms with Crippen LogP contribution in [0.25, 0.3) is 0 Å². The van der Waals surface area contributed by atoms with Crippen LogP contribution in [0.3, 0.4) is 0 Å². The summed E-state index contributed by atoms with van der Waals surface area (Å²) in [6.07, 6.45) is -0.553. The summed E-state index contributed by atoms with van der Waals surface area (Å²) in [5, 5.41) is 2.05. The molecule has 0 aliphatic heterocycles. The Balaban J connectivity index is 2.74. The summed E-state index contributed by atoms with van der Waals surface area (Å²) >= 11 is 0. The van der Waals surface area contributed by atoms with Gasteiger partial charge in [0, 0.05) is 5.56 Å². The van der Waals surface area contributed by atoms with E-state index >= 15 is 0 Å². The summed E-state index contributed by atoms with van der Waals surface area (Å²) in [4.78, 5) is 30.2. The monoisotopic (exact) mass is 179 g/mol. The molecule has 0 aromatic heterocycles. The molecule has 0 radical (unpaired) electrons. The summed E-state index contributed by atoms with van der Waals surface area (Å²) in [5.74, 6) is 0.176. The van der Waals surface area contributed by atoms with Gasteiger partial charge in [0.1, 0.15) is 12.0 Å². The summed E-state index contributed by atoms with van der Waals surface area (Å²) in [7, 11) is 0. The van der Waals surface area contributed by atoms with Gasteiger partial charge in [-0.25, -0.2) is 4.79 Å². The number of carbonyl (C=O) groups excluding carboxylic acids is 2. The second-order valence-corrected chi connectivity index (χ2v) is 2.15. The van der Waals surface area contributed by atoms with Crippen LogP contribution in [0, 0.1) is 4.91 Å². The van der Waals surface area contributed by atoms with E-state index in [2.05, 4.69) is 4.74 Å². The zero-order chi connectivity index (χ0) is 9.68. The van der Waals surface area contributed by atoms with Gasteiger partial charge in [-0.1, -0.05) is 0 Å². The predicted octanol–water partition coefficient (Wildman–Crippen LogP) is 1.76. The average Bonchev–Trinajstić information content (AvgIpc) is 2.19. The van der Waals surface area contributed by atoms with Crippen molar-refractivity contribution >= 4 is 12.4 Å². The van der Waals surface area contributed by atoms with Crippen LogP contribution in [-0.2, 0) is 0 Å². The SMILES string of the molecule is O=Cc1ccc(OC(=O)N=O)cc1. The molecular formula is C8H5NO4. The van der Waals surface area contributed by atoms with E-state index in [0.29, 0.717) is 11.8 Å². The highest BCUT2D eigenvalue weighted by Crippen LogP contribution is 2.11. The van der Waals surface area contributed by atoms with Crippen molar-refractivity contribution in [1.29, 1.82) is 0 Å². The third kappa shape index (κ3) is 2.48. The quantitative estimate of drug-likeness (QED) is 0.512. The van der Waals surface area contributed by atoms with Gasteiger partial charge >= 0.3 is 6.09 Å². The molecule has 0 atom stereocenters. The van der Waals surface area contributed by atoms with Crippen LogP contribution in [0.2, 0.25) is 0 Å². The van der Waals surface area contributed by atoms with Crippen LogP contribution in [0.15, 0.2) is 29.4 Å². The molecule has 0 unspecified atom stereocenters. The lowest BCUT2D eigenvalue weighted by atomic mass is 10.2. The average molecular weight is 179 g/mol. The summed E-state index contributed by atoms with van der Waals surface area (Å²) < 4.78 is 4.43. The van der Waals surface area contributed by atoms with Crippen LogP contribution in [0.1, 0.15) is 10.4 Å². The van der Waals surface area contributed by atoms with Crippen molar-refractivity contribution < 1.29 is 14.3 Å². The summed E-state index contributed by atoms with van der Waals surface area (Å²) in [6, 6.07) is 5.71. The third-order valence-corrected chi connectivity index (χ3v) is 1.30. The molecule has 0 bridgehead atoms. The topological polar surface area (TPSA) is 72.8 Å². The van der Waals surface area contributed by atoms with Crippen molar-refractivity contribution in [2.45, 2.75) is 0 Å². The first-order chi connectivity index (χ1) is 6.26. The Morgan fingerprint density at radius 1 is 1.31 bits per heavy atom. The maximum absolute atomic E-state index is 10.4. The molecular weight excluding hydrogens is 174 g/mol. The minimum atomic E-state index is -1.21. The van der Waals surface area contributed by atoms with E-state index in [9.17, 15) is 14.5 Å². The Bertz CT molecular complexity index is 331. The zero-order valence-electron chi connectivity index (χ0n) is 6.47. The van der Waals surface area contributed by atoms with Gasteiger partial charge < -0.3 is 4.74 Å². The zero-order valence-corrected chi connectivity index (χ0v) is 6.47. The Morgan fingerprint density at radius 3 is 2.38 bits per heavy atom. The predicted molar refractivity (Wildman–Crippen MR) is 43.6 cm³/mol.